The molecule has 0 N–H and O–H groups in total. The highest BCUT2D eigenvalue weighted by Crippen LogP contribution is 2.61. The average molecular weight is 505 g/mol. The number of pyridine rings is 2. The van der Waals surface area contributed by atoms with Crippen molar-refractivity contribution in [3.05, 3.63) is 108 Å². The highest BCUT2D eigenvalue weighted by Gasteiger charge is 2.64. The number of ketones is 1. The van der Waals surface area contributed by atoms with E-state index in [1.807, 2.05) is 66.5 Å². The van der Waals surface area contributed by atoms with Crippen molar-refractivity contribution >= 4 is 11.7 Å². The Balaban J connectivity index is 1.45. The molecule has 6 heteroatoms. The van der Waals surface area contributed by atoms with Crippen LogP contribution in [0, 0.1) is 17.8 Å². The quantitative estimate of drug-likeness (QED) is 0.354. The Bertz CT molecular complexity index is 1330. The summed E-state index contributed by atoms with van der Waals surface area (Å²) in [6.45, 7) is 0. The molecule has 4 saturated carbocycles. The van der Waals surface area contributed by atoms with Gasteiger partial charge in [0.05, 0.1) is 5.54 Å². The van der Waals surface area contributed by atoms with Gasteiger partial charge in [-0.05, 0) is 91.7 Å². The molecule has 38 heavy (non-hydrogen) atoms. The number of aromatic nitrogens is 2. The van der Waals surface area contributed by atoms with Gasteiger partial charge in [0.2, 0.25) is 0 Å². The van der Waals surface area contributed by atoms with Crippen LogP contribution < -0.4 is 0 Å². The Hall–Kier alpha value is -3.80. The van der Waals surface area contributed by atoms with Crippen molar-refractivity contribution in [2.45, 2.75) is 49.6 Å². The number of hydrogen-bond donors (Lipinski definition) is 0. The van der Waals surface area contributed by atoms with Gasteiger partial charge < -0.3 is 4.90 Å². The van der Waals surface area contributed by atoms with Crippen molar-refractivity contribution in [1.29, 1.82) is 0 Å². The van der Waals surface area contributed by atoms with Crippen LogP contribution in [0.25, 0.3) is 0 Å². The van der Waals surface area contributed by atoms with Crippen LogP contribution in [0.1, 0.15) is 60.0 Å². The van der Waals surface area contributed by atoms with Crippen LogP contribution in [0.2, 0.25) is 0 Å². The lowest BCUT2D eigenvalue weighted by molar-refractivity contribution is -0.145. The fourth-order valence-electron chi connectivity index (χ4n) is 8.48. The number of nitrogens with zero attached hydrogens (tertiary/aromatic N) is 4. The lowest BCUT2D eigenvalue weighted by atomic mass is 9.52. The van der Waals surface area contributed by atoms with Crippen molar-refractivity contribution in [2.24, 2.45) is 17.8 Å². The number of hydrogen-bond acceptors (Lipinski definition) is 5. The first-order valence-corrected chi connectivity index (χ1v) is 13.7. The number of rotatable bonds is 5. The first-order chi connectivity index (χ1) is 18.5. The van der Waals surface area contributed by atoms with E-state index in [0.717, 1.165) is 30.4 Å². The second-order valence-corrected chi connectivity index (χ2v) is 11.8. The van der Waals surface area contributed by atoms with E-state index in [-0.39, 0.29) is 17.2 Å². The van der Waals surface area contributed by atoms with Crippen LogP contribution in [0.3, 0.4) is 0 Å². The Labute approximate surface area is 223 Å². The molecule has 2 aromatic heterocycles. The Morgan fingerprint density at radius 2 is 1.32 bits per heavy atom. The van der Waals surface area contributed by atoms with Gasteiger partial charge in [0.1, 0.15) is 5.82 Å². The summed E-state index contributed by atoms with van der Waals surface area (Å²) in [6.07, 6.45) is 15.5. The van der Waals surface area contributed by atoms with Crippen molar-refractivity contribution in [3.8, 4) is 0 Å². The van der Waals surface area contributed by atoms with Crippen LogP contribution in [-0.2, 0) is 10.3 Å². The van der Waals surface area contributed by atoms with Gasteiger partial charge in [0.25, 0.3) is 5.91 Å². The summed E-state index contributed by atoms with van der Waals surface area (Å²) in [5.41, 5.74) is 0.938. The first kappa shape index (κ1) is 23.3. The number of allylic oxidation sites excluding steroid dienone is 1. The van der Waals surface area contributed by atoms with E-state index in [4.69, 9.17) is 0 Å². The molecule has 0 unspecified atom stereocenters. The van der Waals surface area contributed by atoms with Crippen LogP contribution in [0.15, 0.2) is 91.3 Å². The number of carbonyl (C=O) groups excluding carboxylic acids is 2. The summed E-state index contributed by atoms with van der Waals surface area (Å²) < 4.78 is 0. The molecule has 1 aromatic carbocycles. The number of benzene rings is 1. The molecule has 5 aliphatic rings. The summed E-state index contributed by atoms with van der Waals surface area (Å²) in [6, 6.07) is 17.0. The molecular formula is C32H32N4O2. The van der Waals surface area contributed by atoms with Crippen LogP contribution in [0.4, 0.5) is 0 Å². The molecular weight excluding hydrogens is 472 g/mol. The fraction of sp³-hybridized carbons (Fsp3) is 0.375. The number of amides is 1. The highest BCUT2D eigenvalue weighted by molar-refractivity contribution is 6.06. The lowest BCUT2D eigenvalue weighted by Gasteiger charge is -2.59. The van der Waals surface area contributed by atoms with E-state index in [9.17, 15) is 4.79 Å². The topological polar surface area (TPSA) is 66.4 Å². The monoisotopic (exact) mass is 504 g/mol. The zero-order valence-corrected chi connectivity index (χ0v) is 21.7. The summed E-state index contributed by atoms with van der Waals surface area (Å²) >= 11 is 0. The lowest BCUT2D eigenvalue weighted by Crippen LogP contribution is -2.61. The highest BCUT2D eigenvalue weighted by atomic mass is 16.2. The second kappa shape index (κ2) is 8.62. The molecule has 3 heterocycles. The third kappa shape index (κ3) is 3.32. The number of carbonyl (C=O) groups is 2. The minimum absolute atomic E-state index is 0.0199. The minimum atomic E-state index is -1.11. The molecule has 8 rings (SSSR count). The molecule has 4 bridgehead atoms. The molecule has 1 aliphatic heterocycles. The van der Waals surface area contributed by atoms with Crippen LogP contribution >= 0.6 is 0 Å². The van der Waals surface area contributed by atoms with Crippen LogP contribution in [-0.4, -0.2) is 44.0 Å². The van der Waals surface area contributed by atoms with E-state index < -0.39 is 5.54 Å². The molecule has 1 saturated heterocycles. The van der Waals surface area contributed by atoms with Gasteiger partial charge in [-0.15, -0.1) is 0 Å². The third-order valence-electron chi connectivity index (χ3n) is 9.58. The zero-order valence-electron chi connectivity index (χ0n) is 21.7. The van der Waals surface area contributed by atoms with E-state index in [2.05, 4.69) is 14.9 Å². The maximum absolute atomic E-state index is 15.2. The normalized spacial score (nSPS) is 30.3. The molecule has 192 valence electrons. The van der Waals surface area contributed by atoms with Crippen molar-refractivity contribution in [2.75, 3.05) is 7.05 Å². The second-order valence-electron chi connectivity index (χ2n) is 11.8. The standard InChI is InChI=1S/C32H32N4O2/c1-35-29(18-28(37)25-5-3-2-4-6-25)36(31-19-22-15-23(20-31)17-24(16-22)21-31)30(38)32(35,26-7-11-33-12-8-26)27-9-13-34-14-10-27/h2-14,18,22-24H,15-17,19-21H2,1H3. The van der Waals surface area contributed by atoms with E-state index in [1.54, 1.807) is 30.9 Å². The molecule has 0 atom stereocenters. The SMILES string of the molecule is CN1C(=CC(=O)c2ccccc2)N(C23CC4CC(CC(C4)C2)C3)C(=O)C1(c1ccncc1)c1ccncc1. The summed E-state index contributed by atoms with van der Waals surface area (Å²) in [5.74, 6) is 2.59. The molecule has 6 nitrogen and oxygen atoms in total. The molecule has 1 amide bonds. The summed E-state index contributed by atoms with van der Waals surface area (Å²) in [4.78, 5) is 41.4. The predicted molar refractivity (Wildman–Crippen MR) is 144 cm³/mol. The Morgan fingerprint density at radius 1 is 0.816 bits per heavy atom. The van der Waals surface area contributed by atoms with Crippen molar-refractivity contribution in [3.63, 3.8) is 0 Å². The molecule has 4 aliphatic carbocycles. The predicted octanol–water partition coefficient (Wildman–Crippen LogP) is 5.19. The van der Waals surface area contributed by atoms with Crippen molar-refractivity contribution in [1.82, 2.24) is 19.8 Å². The van der Waals surface area contributed by atoms with Gasteiger partial charge in [0, 0.05) is 43.5 Å². The first-order valence-electron chi connectivity index (χ1n) is 13.7. The average Bonchev–Trinajstić information content (AvgIpc) is 3.16. The fourth-order valence-corrected chi connectivity index (χ4v) is 8.48. The largest absolute Gasteiger partial charge is 0.339 e. The van der Waals surface area contributed by atoms with Gasteiger partial charge in [-0.3, -0.25) is 24.5 Å². The van der Waals surface area contributed by atoms with E-state index >= 15 is 4.79 Å². The Morgan fingerprint density at radius 3 is 1.82 bits per heavy atom. The van der Waals surface area contributed by atoms with Gasteiger partial charge in [0.15, 0.2) is 11.3 Å². The van der Waals surface area contributed by atoms with Crippen molar-refractivity contribution < 1.29 is 9.59 Å². The van der Waals surface area contributed by atoms with Gasteiger partial charge in [-0.1, -0.05) is 30.3 Å². The number of likely N-dealkylation sites (N-methyl/N-ethyl adjacent to an activating group) is 1. The minimum Gasteiger partial charge on any atom is -0.339 e. The summed E-state index contributed by atoms with van der Waals surface area (Å²) in [7, 11) is 1.96. The smallest absolute Gasteiger partial charge is 0.263 e. The third-order valence-corrected chi connectivity index (χ3v) is 9.58. The van der Waals surface area contributed by atoms with E-state index in [1.165, 1.54) is 19.3 Å². The van der Waals surface area contributed by atoms with Gasteiger partial charge in [-0.25, -0.2) is 0 Å². The van der Waals surface area contributed by atoms with Gasteiger partial charge in [-0.2, -0.15) is 0 Å². The maximum atomic E-state index is 15.2. The van der Waals surface area contributed by atoms with Crippen LogP contribution in [0.5, 0.6) is 0 Å². The van der Waals surface area contributed by atoms with Gasteiger partial charge >= 0.3 is 0 Å². The molecule has 0 spiro atoms. The Kier molecular flexibility index (Phi) is 5.29. The molecule has 5 fully saturated rings. The molecule has 3 aromatic rings. The maximum Gasteiger partial charge on any atom is 0.263 e. The van der Waals surface area contributed by atoms with E-state index in [0.29, 0.717) is 29.1 Å². The summed E-state index contributed by atoms with van der Waals surface area (Å²) in [5, 5.41) is 0. The zero-order chi connectivity index (χ0) is 25.9. The molecule has 0 radical (unpaired) electrons.